The van der Waals surface area contributed by atoms with E-state index >= 15 is 0 Å². The number of nitrogens with zero attached hydrogens (tertiary/aromatic N) is 2. The molecule has 0 spiro atoms. The summed E-state index contributed by atoms with van der Waals surface area (Å²) in [5.41, 5.74) is 2.28. The second-order valence-electron chi connectivity index (χ2n) is 1.93. The van der Waals surface area contributed by atoms with E-state index in [1.165, 1.54) is 6.20 Å². The van der Waals surface area contributed by atoms with E-state index in [0.717, 1.165) is 0 Å². The van der Waals surface area contributed by atoms with E-state index in [1.54, 1.807) is 6.07 Å². The second-order valence-corrected chi connectivity index (χ2v) is 1.93. The molecular weight excluding hydrogens is 160 g/mol. The van der Waals surface area contributed by atoms with Gasteiger partial charge in [0.1, 0.15) is 6.61 Å². The number of hydrogen-bond donors (Lipinski definition) is 3. The standard InChI is InChI=1S/C6H10N4O2/c7-10-6-8-2-1-5(9-6)12-4-3-11/h1-2,11H,3-4,7H2,(H,8,9,10). The lowest BCUT2D eigenvalue weighted by Crippen LogP contribution is -2.11. The van der Waals surface area contributed by atoms with Crippen LogP contribution in [0.3, 0.4) is 0 Å². The average Bonchev–Trinajstić information content (AvgIpc) is 2.15. The number of aliphatic hydroxyl groups is 1. The van der Waals surface area contributed by atoms with Crippen molar-refractivity contribution in [2.75, 3.05) is 18.6 Å². The Kier molecular flexibility index (Phi) is 3.24. The molecule has 0 amide bonds. The summed E-state index contributed by atoms with van der Waals surface area (Å²) >= 11 is 0. The van der Waals surface area contributed by atoms with Crippen molar-refractivity contribution in [1.82, 2.24) is 9.97 Å². The number of rotatable bonds is 4. The van der Waals surface area contributed by atoms with Crippen molar-refractivity contribution in [2.45, 2.75) is 0 Å². The zero-order valence-electron chi connectivity index (χ0n) is 6.40. The van der Waals surface area contributed by atoms with Crippen LogP contribution in [-0.2, 0) is 0 Å². The molecule has 1 rings (SSSR count). The van der Waals surface area contributed by atoms with E-state index < -0.39 is 0 Å². The van der Waals surface area contributed by atoms with Crippen molar-refractivity contribution >= 4 is 5.95 Å². The van der Waals surface area contributed by atoms with Gasteiger partial charge in [0.25, 0.3) is 0 Å². The summed E-state index contributed by atoms with van der Waals surface area (Å²) in [6, 6.07) is 1.58. The molecule has 6 nitrogen and oxygen atoms in total. The Labute approximate surface area is 69.4 Å². The first-order valence-corrected chi connectivity index (χ1v) is 3.40. The average molecular weight is 170 g/mol. The number of nitrogen functional groups attached to an aromatic ring is 1. The molecule has 1 heterocycles. The Morgan fingerprint density at radius 1 is 1.67 bits per heavy atom. The smallest absolute Gasteiger partial charge is 0.240 e. The minimum atomic E-state index is -0.0462. The summed E-state index contributed by atoms with van der Waals surface area (Å²) in [4.78, 5) is 7.62. The Morgan fingerprint density at radius 2 is 2.50 bits per heavy atom. The van der Waals surface area contributed by atoms with Gasteiger partial charge in [0.15, 0.2) is 0 Å². The van der Waals surface area contributed by atoms with Crippen LogP contribution in [-0.4, -0.2) is 28.3 Å². The minimum Gasteiger partial charge on any atom is -0.475 e. The molecule has 0 bridgehead atoms. The van der Waals surface area contributed by atoms with E-state index in [2.05, 4.69) is 15.4 Å². The van der Waals surface area contributed by atoms with Gasteiger partial charge in [-0.1, -0.05) is 0 Å². The molecule has 0 unspecified atom stereocenters. The Morgan fingerprint density at radius 3 is 3.17 bits per heavy atom. The largest absolute Gasteiger partial charge is 0.475 e. The highest BCUT2D eigenvalue weighted by atomic mass is 16.5. The van der Waals surface area contributed by atoms with E-state index in [0.29, 0.717) is 5.88 Å². The molecule has 6 heteroatoms. The molecule has 12 heavy (non-hydrogen) atoms. The van der Waals surface area contributed by atoms with Crippen LogP contribution in [0, 0.1) is 0 Å². The first kappa shape index (κ1) is 8.69. The highest BCUT2D eigenvalue weighted by Crippen LogP contribution is 2.06. The quantitative estimate of drug-likeness (QED) is 0.402. The first-order chi connectivity index (χ1) is 5.86. The maximum atomic E-state index is 8.45. The zero-order chi connectivity index (χ0) is 8.81. The van der Waals surface area contributed by atoms with Gasteiger partial charge in [0.05, 0.1) is 6.61 Å². The van der Waals surface area contributed by atoms with E-state index in [-0.39, 0.29) is 19.2 Å². The number of ether oxygens (including phenoxy) is 1. The van der Waals surface area contributed by atoms with Crippen LogP contribution in [0.1, 0.15) is 0 Å². The molecule has 1 aromatic rings. The third-order valence-corrected chi connectivity index (χ3v) is 1.10. The van der Waals surface area contributed by atoms with Gasteiger partial charge >= 0.3 is 0 Å². The van der Waals surface area contributed by atoms with Crippen molar-refractivity contribution in [3.05, 3.63) is 12.3 Å². The molecule has 0 aliphatic heterocycles. The van der Waals surface area contributed by atoms with Crippen LogP contribution < -0.4 is 16.0 Å². The van der Waals surface area contributed by atoms with Crippen molar-refractivity contribution < 1.29 is 9.84 Å². The predicted molar refractivity (Wildman–Crippen MR) is 42.4 cm³/mol. The number of aliphatic hydroxyl groups excluding tert-OH is 1. The summed E-state index contributed by atoms with van der Waals surface area (Å²) in [6.07, 6.45) is 1.51. The number of nitrogens with one attached hydrogen (secondary N) is 1. The maximum absolute atomic E-state index is 8.45. The fourth-order valence-electron chi connectivity index (χ4n) is 0.642. The predicted octanol–water partition coefficient (Wildman–Crippen LogP) is -0.867. The molecular formula is C6H10N4O2. The number of nitrogens with two attached hydrogens (primary N) is 1. The SMILES string of the molecule is NNc1nccc(OCCO)n1. The fourth-order valence-corrected chi connectivity index (χ4v) is 0.642. The highest BCUT2D eigenvalue weighted by Gasteiger charge is 1.96. The van der Waals surface area contributed by atoms with Gasteiger partial charge in [0.2, 0.25) is 11.8 Å². The number of hydrogen-bond acceptors (Lipinski definition) is 6. The molecule has 0 aromatic carbocycles. The molecule has 0 aliphatic rings. The van der Waals surface area contributed by atoms with Crippen molar-refractivity contribution in [3.63, 3.8) is 0 Å². The summed E-state index contributed by atoms with van der Waals surface area (Å²) < 4.78 is 5.00. The molecule has 66 valence electrons. The monoisotopic (exact) mass is 170 g/mol. The maximum Gasteiger partial charge on any atom is 0.240 e. The lowest BCUT2D eigenvalue weighted by Gasteiger charge is -2.03. The Balaban J connectivity index is 2.60. The van der Waals surface area contributed by atoms with Crippen molar-refractivity contribution in [1.29, 1.82) is 0 Å². The van der Waals surface area contributed by atoms with Gasteiger partial charge in [-0.2, -0.15) is 4.98 Å². The van der Waals surface area contributed by atoms with Crippen LogP contribution >= 0.6 is 0 Å². The van der Waals surface area contributed by atoms with Gasteiger partial charge in [0, 0.05) is 12.3 Å². The molecule has 0 radical (unpaired) electrons. The lowest BCUT2D eigenvalue weighted by atomic mass is 10.6. The number of hydrazine groups is 1. The van der Waals surface area contributed by atoms with Gasteiger partial charge in [-0.3, -0.25) is 5.43 Å². The minimum absolute atomic E-state index is 0.0462. The van der Waals surface area contributed by atoms with Gasteiger partial charge in [-0.05, 0) is 0 Å². The van der Waals surface area contributed by atoms with Gasteiger partial charge < -0.3 is 9.84 Å². The van der Waals surface area contributed by atoms with E-state index in [1.807, 2.05) is 0 Å². The van der Waals surface area contributed by atoms with Crippen LogP contribution in [0.25, 0.3) is 0 Å². The van der Waals surface area contributed by atoms with Crippen LogP contribution in [0.4, 0.5) is 5.95 Å². The molecule has 0 saturated carbocycles. The fraction of sp³-hybridized carbons (Fsp3) is 0.333. The zero-order valence-corrected chi connectivity index (χ0v) is 6.40. The van der Waals surface area contributed by atoms with Crippen LogP contribution in [0.5, 0.6) is 5.88 Å². The molecule has 0 saturated heterocycles. The highest BCUT2D eigenvalue weighted by molar-refractivity contribution is 5.25. The normalized spacial score (nSPS) is 9.50. The summed E-state index contributed by atoms with van der Waals surface area (Å²) in [5.74, 6) is 5.73. The van der Waals surface area contributed by atoms with Crippen LogP contribution in [0.2, 0.25) is 0 Å². The lowest BCUT2D eigenvalue weighted by molar-refractivity contribution is 0.196. The summed E-state index contributed by atoms with van der Waals surface area (Å²) in [5, 5.41) is 8.45. The van der Waals surface area contributed by atoms with E-state index in [9.17, 15) is 0 Å². The molecule has 0 aliphatic carbocycles. The number of aromatic nitrogens is 2. The number of anilines is 1. The Hall–Kier alpha value is -1.40. The topological polar surface area (TPSA) is 93.3 Å². The van der Waals surface area contributed by atoms with Gasteiger partial charge in [-0.25, -0.2) is 10.8 Å². The molecule has 1 aromatic heterocycles. The van der Waals surface area contributed by atoms with E-state index in [4.69, 9.17) is 15.7 Å². The second kappa shape index (κ2) is 4.47. The molecule has 0 fully saturated rings. The third-order valence-electron chi connectivity index (χ3n) is 1.10. The van der Waals surface area contributed by atoms with Gasteiger partial charge in [-0.15, -0.1) is 0 Å². The van der Waals surface area contributed by atoms with Crippen LogP contribution in [0.15, 0.2) is 12.3 Å². The first-order valence-electron chi connectivity index (χ1n) is 3.40. The molecule has 0 atom stereocenters. The summed E-state index contributed by atoms with van der Waals surface area (Å²) in [7, 11) is 0. The van der Waals surface area contributed by atoms with Crippen molar-refractivity contribution in [2.24, 2.45) is 5.84 Å². The van der Waals surface area contributed by atoms with Crippen molar-refractivity contribution in [3.8, 4) is 5.88 Å². The Bertz CT molecular complexity index is 243. The summed E-state index contributed by atoms with van der Waals surface area (Å²) in [6.45, 7) is 0.163. The molecule has 4 N–H and O–H groups in total. The third kappa shape index (κ3) is 2.33.